The molecule has 0 saturated heterocycles. The van der Waals surface area contributed by atoms with Crippen LogP contribution in [0.4, 0.5) is 13.2 Å². The lowest BCUT2D eigenvalue weighted by molar-refractivity contribution is -0.141. The van der Waals surface area contributed by atoms with Gasteiger partial charge in [-0.25, -0.2) is 0 Å². The van der Waals surface area contributed by atoms with Crippen LogP contribution in [0.3, 0.4) is 0 Å². The van der Waals surface area contributed by atoms with Crippen molar-refractivity contribution in [3.8, 4) is 11.4 Å². The lowest BCUT2D eigenvalue weighted by Crippen LogP contribution is -2.19. The molecule has 0 aliphatic heterocycles. The van der Waals surface area contributed by atoms with E-state index in [1.54, 1.807) is 26.2 Å². The molecule has 0 aliphatic rings. The Morgan fingerprint density at radius 1 is 1.16 bits per heavy atom. The third-order valence-electron chi connectivity index (χ3n) is 4.88. The van der Waals surface area contributed by atoms with Crippen molar-refractivity contribution in [1.82, 2.24) is 19.3 Å². The molecule has 0 spiro atoms. The topological polar surface area (TPSA) is 61.9 Å². The normalized spacial score (nSPS) is 11.8. The van der Waals surface area contributed by atoms with Crippen LogP contribution >= 0.6 is 23.4 Å². The van der Waals surface area contributed by atoms with Crippen molar-refractivity contribution in [2.45, 2.75) is 38.3 Å². The van der Waals surface area contributed by atoms with Crippen molar-refractivity contribution in [2.75, 3.05) is 19.5 Å². The van der Waals surface area contributed by atoms with Crippen LogP contribution in [0.5, 0.6) is 0 Å². The Morgan fingerprint density at radius 2 is 1.84 bits per heavy atom. The number of aromatic nitrogens is 4. The molecule has 0 atom stereocenters. The van der Waals surface area contributed by atoms with Crippen LogP contribution in [0.15, 0.2) is 35.5 Å². The number of halogens is 4. The van der Waals surface area contributed by atoms with E-state index >= 15 is 0 Å². The van der Waals surface area contributed by atoms with E-state index in [-0.39, 0.29) is 17.1 Å². The number of alkyl halides is 3. The van der Waals surface area contributed by atoms with Crippen LogP contribution < -0.4 is 0 Å². The van der Waals surface area contributed by atoms with Crippen LogP contribution in [0.25, 0.3) is 11.4 Å². The Hall–Kier alpha value is -2.30. The number of ether oxygens (including phenoxy) is 1. The number of nitrogens with zero attached hydrogens (tertiary/aromatic N) is 4. The number of aryl methyl sites for hydroxylation is 1. The standard InChI is InChI=1S/C21H22ClF3N4O2S/c1-13-10-17(14(2)29(13)12-21(23,24)25)18(30)11-32-20-27-26-19(28(20)8-9-31-3)15-4-6-16(22)7-5-15/h4-7,10H,8-9,11-12H2,1-3H3. The predicted molar refractivity (Wildman–Crippen MR) is 117 cm³/mol. The minimum absolute atomic E-state index is 0.0159. The Balaban J connectivity index is 1.80. The van der Waals surface area contributed by atoms with Gasteiger partial charge in [0.05, 0.1) is 18.9 Å². The predicted octanol–water partition coefficient (Wildman–Crippen LogP) is 5.20. The van der Waals surface area contributed by atoms with Crippen LogP contribution in [-0.2, 0) is 17.8 Å². The van der Waals surface area contributed by atoms with Gasteiger partial charge in [-0.05, 0) is 44.2 Å². The minimum Gasteiger partial charge on any atom is -0.383 e. The number of ketones is 1. The van der Waals surface area contributed by atoms with E-state index in [0.717, 1.165) is 10.1 Å². The number of carbonyl (C=O) groups is 1. The van der Waals surface area contributed by atoms with Crippen molar-refractivity contribution in [3.05, 3.63) is 52.3 Å². The van der Waals surface area contributed by atoms with Crippen molar-refractivity contribution in [1.29, 1.82) is 0 Å². The molecule has 1 aromatic carbocycles. The average Bonchev–Trinajstić information content (AvgIpc) is 3.26. The number of hydrogen-bond donors (Lipinski definition) is 0. The highest BCUT2D eigenvalue weighted by molar-refractivity contribution is 7.99. The van der Waals surface area contributed by atoms with Crippen molar-refractivity contribution < 1.29 is 22.7 Å². The number of Topliss-reactive ketones (excluding diaryl/α,β-unsaturated/α-hetero) is 1. The van der Waals surface area contributed by atoms with Crippen molar-refractivity contribution in [2.24, 2.45) is 0 Å². The van der Waals surface area contributed by atoms with E-state index in [1.165, 1.54) is 24.8 Å². The van der Waals surface area contributed by atoms with Gasteiger partial charge in [0.15, 0.2) is 16.8 Å². The van der Waals surface area contributed by atoms with E-state index < -0.39 is 12.7 Å². The third-order valence-corrected chi connectivity index (χ3v) is 6.10. The van der Waals surface area contributed by atoms with Gasteiger partial charge in [-0.15, -0.1) is 10.2 Å². The molecule has 0 unspecified atom stereocenters. The van der Waals surface area contributed by atoms with Gasteiger partial charge in [-0.2, -0.15) is 13.2 Å². The maximum absolute atomic E-state index is 12.8. The molecule has 0 amide bonds. The first kappa shape index (κ1) is 24.3. The second kappa shape index (κ2) is 10.1. The molecule has 0 bridgehead atoms. The fourth-order valence-electron chi connectivity index (χ4n) is 3.31. The Labute approximate surface area is 192 Å². The van der Waals surface area contributed by atoms with E-state index in [0.29, 0.717) is 40.5 Å². The summed E-state index contributed by atoms with van der Waals surface area (Å²) in [6.07, 6.45) is -4.36. The fraction of sp³-hybridized carbons (Fsp3) is 0.381. The zero-order valence-corrected chi connectivity index (χ0v) is 19.3. The lowest BCUT2D eigenvalue weighted by atomic mass is 10.2. The zero-order valence-electron chi connectivity index (χ0n) is 17.7. The van der Waals surface area contributed by atoms with Gasteiger partial charge in [0.25, 0.3) is 0 Å². The maximum Gasteiger partial charge on any atom is 0.406 e. The summed E-state index contributed by atoms with van der Waals surface area (Å²) < 4.78 is 46.7. The SMILES string of the molecule is COCCn1c(SCC(=O)c2cc(C)n(CC(F)(F)F)c2C)nnc1-c1ccc(Cl)cc1. The molecule has 32 heavy (non-hydrogen) atoms. The van der Waals surface area contributed by atoms with Gasteiger partial charge in [-0.1, -0.05) is 23.4 Å². The van der Waals surface area contributed by atoms with Gasteiger partial charge >= 0.3 is 6.18 Å². The number of benzene rings is 1. The Kier molecular flexibility index (Phi) is 7.68. The van der Waals surface area contributed by atoms with Crippen molar-refractivity contribution >= 4 is 29.1 Å². The molecule has 0 aliphatic carbocycles. The summed E-state index contributed by atoms with van der Waals surface area (Å²) >= 11 is 7.15. The zero-order chi connectivity index (χ0) is 23.5. The molecule has 0 saturated carbocycles. The molecule has 0 fully saturated rings. The summed E-state index contributed by atoms with van der Waals surface area (Å²) in [5, 5.41) is 9.57. The van der Waals surface area contributed by atoms with E-state index in [2.05, 4.69) is 10.2 Å². The highest BCUT2D eigenvalue weighted by Gasteiger charge is 2.30. The highest BCUT2D eigenvalue weighted by Crippen LogP contribution is 2.27. The molecule has 0 N–H and O–H groups in total. The van der Waals surface area contributed by atoms with Crippen LogP contribution in [0, 0.1) is 13.8 Å². The maximum atomic E-state index is 12.8. The molecule has 0 radical (unpaired) electrons. The first-order chi connectivity index (χ1) is 15.1. The number of carbonyl (C=O) groups excluding carboxylic acids is 1. The van der Waals surface area contributed by atoms with Gasteiger partial charge in [0, 0.05) is 34.6 Å². The Morgan fingerprint density at radius 3 is 2.47 bits per heavy atom. The minimum atomic E-state index is -4.36. The smallest absolute Gasteiger partial charge is 0.383 e. The summed E-state index contributed by atoms with van der Waals surface area (Å²) in [4.78, 5) is 12.8. The van der Waals surface area contributed by atoms with Gasteiger partial charge in [0.2, 0.25) is 0 Å². The first-order valence-electron chi connectivity index (χ1n) is 9.68. The molecule has 6 nitrogen and oxygen atoms in total. The average molecular weight is 487 g/mol. The van der Waals surface area contributed by atoms with Crippen LogP contribution in [-0.4, -0.2) is 50.8 Å². The molecular weight excluding hydrogens is 465 g/mol. The quantitative estimate of drug-likeness (QED) is 0.307. The second-order valence-corrected chi connectivity index (χ2v) is 8.53. The van der Waals surface area contributed by atoms with Gasteiger partial charge in [0.1, 0.15) is 6.54 Å². The van der Waals surface area contributed by atoms with Gasteiger partial charge < -0.3 is 9.30 Å². The Bertz CT molecular complexity index is 1090. The highest BCUT2D eigenvalue weighted by atomic mass is 35.5. The van der Waals surface area contributed by atoms with E-state index in [1.807, 2.05) is 16.7 Å². The monoisotopic (exact) mass is 486 g/mol. The van der Waals surface area contributed by atoms with E-state index in [9.17, 15) is 18.0 Å². The molecule has 172 valence electrons. The summed E-state index contributed by atoms with van der Waals surface area (Å²) in [6.45, 7) is 2.84. The fourth-order valence-corrected chi connectivity index (χ4v) is 4.28. The summed E-state index contributed by atoms with van der Waals surface area (Å²) in [7, 11) is 1.58. The molecule has 3 rings (SSSR count). The first-order valence-corrected chi connectivity index (χ1v) is 11.0. The lowest BCUT2D eigenvalue weighted by Gasteiger charge is -2.12. The van der Waals surface area contributed by atoms with Gasteiger partial charge in [-0.3, -0.25) is 9.36 Å². The van der Waals surface area contributed by atoms with Crippen molar-refractivity contribution in [3.63, 3.8) is 0 Å². The van der Waals surface area contributed by atoms with Crippen LogP contribution in [0.2, 0.25) is 5.02 Å². The number of rotatable bonds is 9. The van der Waals surface area contributed by atoms with Crippen LogP contribution in [0.1, 0.15) is 21.7 Å². The number of thioether (sulfide) groups is 1. The molecular formula is C21H22ClF3N4O2S. The summed E-state index contributed by atoms with van der Waals surface area (Å²) in [6, 6.07) is 8.65. The molecule has 2 aromatic heterocycles. The molecule has 11 heteroatoms. The molecule has 3 aromatic rings. The molecule has 2 heterocycles. The van der Waals surface area contributed by atoms with E-state index in [4.69, 9.17) is 16.3 Å². The largest absolute Gasteiger partial charge is 0.406 e. The summed E-state index contributed by atoms with van der Waals surface area (Å²) in [5.74, 6) is 0.352. The number of methoxy groups -OCH3 is 1. The summed E-state index contributed by atoms with van der Waals surface area (Å²) in [5.41, 5.74) is 1.78. The number of hydrogen-bond acceptors (Lipinski definition) is 5. The third kappa shape index (κ3) is 5.73. The second-order valence-electron chi connectivity index (χ2n) is 7.16.